The van der Waals surface area contributed by atoms with Crippen LogP contribution in [0.2, 0.25) is 0 Å². The molecule has 0 saturated heterocycles. The topological polar surface area (TPSA) is 48.4 Å². The molecule has 4 nitrogen and oxygen atoms in total. The maximum absolute atomic E-state index is 11.7. The highest BCUT2D eigenvalue weighted by molar-refractivity contribution is 8.01. The predicted molar refractivity (Wildman–Crippen MR) is 68.8 cm³/mol. The molecule has 0 atom stereocenters. The highest BCUT2D eigenvalue weighted by Crippen LogP contribution is 2.47. The summed E-state index contributed by atoms with van der Waals surface area (Å²) in [6, 6.07) is 0. The van der Waals surface area contributed by atoms with Crippen LogP contribution in [0.4, 0.5) is 0 Å². The number of aryl methyl sites for hydroxylation is 2. The van der Waals surface area contributed by atoms with E-state index >= 15 is 0 Å². The molecule has 0 saturated carbocycles. The lowest BCUT2D eigenvalue weighted by atomic mass is 10.4. The van der Waals surface area contributed by atoms with Crippen molar-refractivity contribution >= 4 is 30.7 Å². The minimum Gasteiger partial charge on any atom is -0.312 e. The number of thioether (sulfide) groups is 1. The molecule has 0 unspecified atom stereocenters. The zero-order valence-electron chi connectivity index (χ0n) is 9.85. The van der Waals surface area contributed by atoms with Gasteiger partial charge in [-0.1, -0.05) is 11.8 Å². The lowest BCUT2D eigenvalue weighted by Crippen LogP contribution is -1.96. The minimum atomic E-state index is -2.87. The molecule has 0 aromatic carbocycles. The predicted octanol–water partition coefficient (Wildman–Crippen LogP) is 3.34. The van der Waals surface area contributed by atoms with Crippen LogP contribution < -0.4 is 0 Å². The normalized spacial score (nSPS) is 12.0. The lowest BCUT2D eigenvalue weighted by Gasteiger charge is -2.12. The van der Waals surface area contributed by atoms with Crippen LogP contribution in [0.5, 0.6) is 0 Å². The van der Waals surface area contributed by atoms with Gasteiger partial charge in [0.25, 0.3) is 0 Å². The molecule has 0 aliphatic rings. The average Bonchev–Trinajstić information content (AvgIpc) is 2.58. The number of aromatic nitrogens is 1. The molecular weight excluding hydrogens is 265 g/mol. The molecule has 0 fully saturated rings. The van der Waals surface area contributed by atoms with Crippen molar-refractivity contribution in [3.05, 3.63) is 10.6 Å². The molecule has 1 aromatic heterocycles. The minimum absolute atomic E-state index is 0.405. The number of hydrogen-bond acceptors (Lipinski definition) is 6. The highest BCUT2D eigenvalue weighted by Gasteiger charge is 2.20. The van der Waals surface area contributed by atoms with E-state index in [0.29, 0.717) is 11.9 Å². The van der Waals surface area contributed by atoms with Gasteiger partial charge in [-0.2, -0.15) is 0 Å². The Hall–Kier alpha value is 0.130. The molecule has 0 aliphatic carbocycles. The summed E-state index contributed by atoms with van der Waals surface area (Å²) in [6.45, 7) is 4.04. The Bertz CT molecular complexity index is 367. The van der Waals surface area contributed by atoms with Crippen LogP contribution in [0.25, 0.3) is 0 Å². The van der Waals surface area contributed by atoms with E-state index in [2.05, 4.69) is 4.98 Å². The SMILES string of the molecule is COP(=O)(CCSc1nc(C)c(C)s1)OC. The second kappa shape index (κ2) is 6.17. The van der Waals surface area contributed by atoms with Crippen LogP contribution in [0.1, 0.15) is 10.6 Å². The van der Waals surface area contributed by atoms with Crippen LogP contribution in [-0.2, 0) is 13.6 Å². The third-order valence-corrected chi connectivity index (χ3v) is 6.56. The molecule has 16 heavy (non-hydrogen) atoms. The molecule has 0 radical (unpaired) electrons. The number of thiazole rings is 1. The van der Waals surface area contributed by atoms with Gasteiger partial charge in [0.15, 0.2) is 0 Å². The molecule has 0 bridgehead atoms. The number of nitrogens with zero attached hydrogens (tertiary/aromatic N) is 1. The van der Waals surface area contributed by atoms with Gasteiger partial charge >= 0.3 is 7.60 Å². The van der Waals surface area contributed by atoms with Gasteiger partial charge in [0.1, 0.15) is 4.34 Å². The van der Waals surface area contributed by atoms with Gasteiger partial charge in [0, 0.05) is 24.8 Å². The van der Waals surface area contributed by atoms with Crippen molar-refractivity contribution in [2.75, 3.05) is 26.1 Å². The number of rotatable bonds is 6. The second-order valence-corrected chi connectivity index (χ2v) is 8.11. The van der Waals surface area contributed by atoms with Crippen molar-refractivity contribution in [2.24, 2.45) is 0 Å². The first-order valence-electron chi connectivity index (χ1n) is 4.78. The van der Waals surface area contributed by atoms with Crippen LogP contribution >= 0.6 is 30.7 Å². The van der Waals surface area contributed by atoms with Gasteiger partial charge in [-0.25, -0.2) is 4.98 Å². The summed E-state index contributed by atoms with van der Waals surface area (Å²) in [7, 11) is -0.0484. The van der Waals surface area contributed by atoms with Crippen LogP contribution in [0, 0.1) is 13.8 Å². The molecule has 92 valence electrons. The van der Waals surface area contributed by atoms with Gasteiger partial charge in [-0.05, 0) is 13.8 Å². The monoisotopic (exact) mass is 281 g/mol. The van der Waals surface area contributed by atoms with Crippen LogP contribution in [-0.4, -0.2) is 31.1 Å². The van der Waals surface area contributed by atoms with Crippen molar-refractivity contribution in [2.45, 2.75) is 18.2 Å². The number of hydrogen-bond donors (Lipinski definition) is 0. The Morgan fingerprint density at radius 2 is 2.00 bits per heavy atom. The fourth-order valence-corrected chi connectivity index (χ4v) is 4.66. The van der Waals surface area contributed by atoms with Crippen LogP contribution in [0.15, 0.2) is 4.34 Å². The summed E-state index contributed by atoms with van der Waals surface area (Å²) >= 11 is 3.25. The van der Waals surface area contributed by atoms with E-state index in [9.17, 15) is 4.57 Å². The first kappa shape index (κ1) is 14.2. The molecule has 0 N–H and O–H groups in total. The first-order valence-corrected chi connectivity index (χ1v) is 8.31. The molecule has 1 aromatic rings. The van der Waals surface area contributed by atoms with Gasteiger partial charge in [-0.15, -0.1) is 11.3 Å². The fourth-order valence-electron chi connectivity index (χ4n) is 1.01. The van der Waals surface area contributed by atoms with Gasteiger partial charge < -0.3 is 9.05 Å². The fraction of sp³-hybridized carbons (Fsp3) is 0.667. The van der Waals surface area contributed by atoms with Gasteiger partial charge in [0.05, 0.1) is 11.9 Å². The third-order valence-electron chi connectivity index (χ3n) is 2.16. The summed E-state index contributed by atoms with van der Waals surface area (Å²) in [6.07, 6.45) is 0.405. The van der Waals surface area contributed by atoms with Crippen molar-refractivity contribution in [1.82, 2.24) is 4.98 Å². The highest BCUT2D eigenvalue weighted by atomic mass is 32.2. The molecular formula is C9H16NO3PS2. The van der Waals surface area contributed by atoms with E-state index in [4.69, 9.17) is 9.05 Å². The molecule has 0 spiro atoms. The quantitative estimate of drug-likeness (QED) is 0.591. The third kappa shape index (κ3) is 3.86. The largest absolute Gasteiger partial charge is 0.330 e. The second-order valence-electron chi connectivity index (χ2n) is 3.17. The zero-order valence-corrected chi connectivity index (χ0v) is 12.4. The van der Waals surface area contributed by atoms with E-state index < -0.39 is 7.60 Å². The standard InChI is InChI=1S/C9H16NO3PS2/c1-7-8(2)16-9(10-7)15-6-5-14(11,12-3)13-4/h5-6H2,1-4H3. The molecule has 7 heteroatoms. The Balaban J connectivity index is 2.44. The van der Waals surface area contributed by atoms with E-state index in [1.807, 2.05) is 13.8 Å². The zero-order chi connectivity index (χ0) is 12.2. The summed E-state index contributed by atoms with van der Waals surface area (Å²) < 4.78 is 22.5. The molecule has 1 rings (SSSR count). The van der Waals surface area contributed by atoms with Crippen LogP contribution in [0.3, 0.4) is 0 Å². The Kier molecular flexibility index (Phi) is 5.47. The lowest BCUT2D eigenvalue weighted by molar-refractivity contribution is 0.277. The van der Waals surface area contributed by atoms with E-state index in [0.717, 1.165) is 10.0 Å². The van der Waals surface area contributed by atoms with E-state index in [1.54, 1.807) is 23.1 Å². The van der Waals surface area contributed by atoms with Crippen molar-refractivity contribution in [1.29, 1.82) is 0 Å². The molecule has 1 heterocycles. The summed E-state index contributed by atoms with van der Waals surface area (Å²) in [5.41, 5.74) is 1.06. The summed E-state index contributed by atoms with van der Waals surface area (Å²) in [4.78, 5) is 5.62. The maximum Gasteiger partial charge on any atom is 0.330 e. The maximum atomic E-state index is 11.7. The van der Waals surface area contributed by atoms with Crippen molar-refractivity contribution in [3.63, 3.8) is 0 Å². The average molecular weight is 281 g/mol. The smallest absolute Gasteiger partial charge is 0.312 e. The van der Waals surface area contributed by atoms with Crippen molar-refractivity contribution < 1.29 is 13.6 Å². The van der Waals surface area contributed by atoms with Crippen molar-refractivity contribution in [3.8, 4) is 0 Å². The summed E-state index contributed by atoms with van der Waals surface area (Å²) in [5.74, 6) is 0.686. The molecule has 0 aliphatic heterocycles. The van der Waals surface area contributed by atoms with E-state index in [-0.39, 0.29) is 0 Å². The van der Waals surface area contributed by atoms with Gasteiger partial charge in [0.2, 0.25) is 0 Å². The first-order chi connectivity index (χ1) is 7.50. The van der Waals surface area contributed by atoms with E-state index in [1.165, 1.54) is 19.1 Å². The Morgan fingerprint density at radius 1 is 1.38 bits per heavy atom. The molecule has 0 amide bonds. The Morgan fingerprint density at radius 3 is 2.44 bits per heavy atom. The summed E-state index contributed by atoms with van der Waals surface area (Å²) in [5, 5.41) is 0. The Labute approximate surface area is 104 Å². The van der Waals surface area contributed by atoms with Gasteiger partial charge in [-0.3, -0.25) is 4.57 Å².